The zero-order valence-electron chi connectivity index (χ0n) is 22.2. The van der Waals surface area contributed by atoms with Gasteiger partial charge in [-0.15, -0.1) is 0 Å². The van der Waals surface area contributed by atoms with Crippen LogP contribution in [0.2, 0.25) is 0 Å². The SMILES string of the molecule is CCCCCCOc1cc2c(cc1C(C)=CC=CC(C)=C(CC)C(=O)O)C(C)(C)CCCS2(=O)=O. The van der Waals surface area contributed by atoms with Crippen molar-refractivity contribution in [3.63, 3.8) is 0 Å². The van der Waals surface area contributed by atoms with Crippen LogP contribution in [0.3, 0.4) is 0 Å². The molecule has 0 fully saturated rings. The first-order valence-corrected chi connectivity index (χ1v) is 14.4. The Kier molecular flexibility index (Phi) is 10.4. The summed E-state index contributed by atoms with van der Waals surface area (Å²) in [5.74, 6) is -0.148. The number of rotatable bonds is 11. The number of hydrogen-bond acceptors (Lipinski definition) is 4. The minimum absolute atomic E-state index is 0.158. The van der Waals surface area contributed by atoms with Crippen LogP contribution in [0.5, 0.6) is 5.75 Å². The van der Waals surface area contributed by atoms with Crippen LogP contribution in [0, 0.1) is 0 Å². The lowest BCUT2D eigenvalue weighted by atomic mass is 9.79. The molecule has 5 nitrogen and oxygen atoms in total. The largest absolute Gasteiger partial charge is 0.493 e. The number of unbranched alkanes of at least 4 members (excludes halogenated alkanes) is 3. The molecule has 0 radical (unpaired) electrons. The van der Waals surface area contributed by atoms with Gasteiger partial charge in [0.15, 0.2) is 9.84 Å². The number of hydrogen-bond donors (Lipinski definition) is 1. The van der Waals surface area contributed by atoms with Gasteiger partial charge < -0.3 is 9.84 Å². The van der Waals surface area contributed by atoms with Gasteiger partial charge in [-0.1, -0.05) is 65.2 Å². The molecular weight excluding hydrogens is 460 g/mol. The van der Waals surface area contributed by atoms with Crippen molar-refractivity contribution in [3.8, 4) is 5.75 Å². The van der Waals surface area contributed by atoms with Crippen LogP contribution >= 0.6 is 0 Å². The Morgan fingerprint density at radius 1 is 1.14 bits per heavy atom. The van der Waals surface area contributed by atoms with Gasteiger partial charge in [0.1, 0.15) is 5.75 Å². The molecule has 1 aromatic rings. The summed E-state index contributed by atoms with van der Waals surface area (Å²) in [6, 6.07) is 3.73. The van der Waals surface area contributed by atoms with Crippen LogP contribution in [0.1, 0.15) is 97.6 Å². The van der Waals surface area contributed by atoms with Crippen LogP contribution in [0.4, 0.5) is 0 Å². The highest BCUT2D eigenvalue weighted by Gasteiger charge is 2.34. The monoisotopic (exact) mass is 502 g/mol. The zero-order chi connectivity index (χ0) is 26.2. The molecular formula is C29H42O5S. The third-order valence-electron chi connectivity index (χ3n) is 6.82. The number of ether oxygens (including phenoxy) is 1. The highest BCUT2D eigenvalue weighted by Crippen LogP contribution is 2.42. The summed E-state index contributed by atoms with van der Waals surface area (Å²) < 4.78 is 32.3. The lowest BCUT2D eigenvalue weighted by molar-refractivity contribution is -0.132. The van der Waals surface area contributed by atoms with E-state index in [9.17, 15) is 18.3 Å². The van der Waals surface area contributed by atoms with Crippen molar-refractivity contribution < 1.29 is 23.1 Å². The summed E-state index contributed by atoms with van der Waals surface area (Å²) in [4.78, 5) is 11.8. The Balaban J connectivity index is 2.54. The van der Waals surface area contributed by atoms with E-state index >= 15 is 0 Å². The van der Waals surface area contributed by atoms with E-state index in [2.05, 4.69) is 20.8 Å². The summed E-state index contributed by atoms with van der Waals surface area (Å²) in [7, 11) is -3.38. The van der Waals surface area contributed by atoms with Crippen LogP contribution < -0.4 is 4.74 Å². The highest BCUT2D eigenvalue weighted by molar-refractivity contribution is 7.91. The molecule has 0 atom stereocenters. The molecule has 0 bridgehead atoms. The van der Waals surface area contributed by atoms with Crippen molar-refractivity contribution in [2.45, 2.75) is 96.8 Å². The summed E-state index contributed by atoms with van der Waals surface area (Å²) in [6.07, 6.45) is 11.8. The number of carbonyl (C=O) groups is 1. The van der Waals surface area contributed by atoms with E-state index in [0.717, 1.165) is 48.8 Å². The van der Waals surface area contributed by atoms with Gasteiger partial charge in [0.25, 0.3) is 0 Å². The van der Waals surface area contributed by atoms with Crippen molar-refractivity contribution in [1.82, 2.24) is 0 Å². The van der Waals surface area contributed by atoms with Gasteiger partial charge in [-0.2, -0.15) is 0 Å². The van der Waals surface area contributed by atoms with E-state index in [4.69, 9.17) is 4.74 Å². The Morgan fingerprint density at radius 2 is 1.86 bits per heavy atom. The van der Waals surface area contributed by atoms with Crippen molar-refractivity contribution in [2.24, 2.45) is 0 Å². The predicted octanol–water partition coefficient (Wildman–Crippen LogP) is 7.26. The number of aliphatic carboxylic acids is 1. The topological polar surface area (TPSA) is 80.7 Å². The van der Waals surface area contributed by atoms with Crippen LogP contribution in [-0.2, 0) is 20.0 Å². The summed E-state index contributed by atoms with van der Waals surface area (Å²) >= 11 is 0. The van der Waals surface area contributed by atoms with E-state index < -0.39 is 15.8 Å². The smallest absolute Gasteiger partial charge is 0.331 e. The number of allylic oxidation sites excluding steroid dienone is 5. The molecule has 1 aliphatic heterocycles. The van der Waals surface area contributed by atoms with Crippen molar-refractivity contribution in [2.75, 3.05) is 12.4 Å². The molecule has 0 amide bonds. The van der Waals surface area contributed by atoms with E-state index in [0.29, 0.717) is 41.2 Å². The maximum atomic E-state index is 13.1. The minimum atomic E-state index is -3.38. The summed E-state index contributed by atoms with van der Waals surface area (Å²) in [6.45, 7) is 12.5. The first kappa shape index (κ1) is 28.9. The van der Waals surface area contributed by atoms with E-state index in [-0.39, 0.29) is 11.2 Å². The highest BCUT2D eigenvalue weighted by atomic mass is 32.2. The van der Waals surface area contributed by atoms with Gasteiger partial charge in [0, 0.05) is 11.1 Å². The number of carboxylic acids is 1. The first-order chi connectivity index (χ1) is 16.4. The Morgan fingerprint density at radius 3 is 2.49 bits per heavy atom. The lowest BCUT2D eigenvalue weighted by Gasteiger charge is -2.26. The standard InChI is InChI=1S/C29H42O5S/c1-7-9-10-11-17-34-26-20-27-25(29(5,6)16-13-18-35(27,32)33)19-24(26)22(4)15-12-14-21(3)23(8-2)28(30)31/h12,14-15,19-20H,7-11,13,16-18H2,1-6H3,(H,30,31). The molecule has 2 rings (SSSR count). The number of fused-ring (bicyclic) bond motifs is 1. The van der Waals surface area contributed by atoms with E-state index in [1.807, 2.05) is 32.1 Å². The molecule has 1 aromatic carbocycles. The average Bonchev–Trinajstić information content (AvgIpc) is 2.86. The van der Waals surface area contributed by atoms with Crippen LogP contribution in [-0.4, -0.2) is 31.9 Å². The van der Waals surface area contributed by atoms with Gasteiger partial charge in [-0.3, -0.25) is 0 Å². The normalized spacial score (nSPS) is 18.1. The van der Waals surface area contributed by atoms with Crippen LogP contribution in [0.15, 0.2) is 46.4 Å². The molecule has 0 saturated carbocycles. The van der Waals surface area contributed by atoms with Crippen LogP contribution in [0.25, 0.3) is 5.57 Å². The number of benzene rings is 1. The molecule has 0 aromatic heterocycles. The van der Waals surface area contributed by atoms with Crippen molar-refractivity contribution in [1.29, 1.82) is 0 Å². The molecule has 35 heavy (non-hydrogen) atoms. The van der Waals surface area contributed by atoms with Gasteiger partial charge in [0.05, 0.1) is 17.3 Å². The number of carboxylic acid groups (broad SMARTS) is 1. The summed E-state index contributed by atoms with van der Waals surface area (Å²) in [5.41, 5.74) is 3.50. The third kappa shape index (κ3) is 7.57. The van der Waals surface area contributed by atoms with Crippen molar-refractivity contribution in [3.05, 3.63) is 52.6 Å². The van der Waals surface area contributed by atoms with E-state index in [1.165, 1.54) is 0 Å². The first-order valence-electron chi connectivity index (χ1n) is 12.8. The minimum Gasteiger partial charge on any atom is -0.493 e. The Bertz CT molecular complexity index is 1100. The molecule has 1 heterocycles. The zero-order valence-corrected chi connectivity index (χ0v) is 23.1. The molecule has 1 aliphatic rings. The Labute approximate surface area is 211 Å². The quantitative estimate of drug-likeness (QED) is 0.196. The average molecular weight is 503 g/mol. The second-order valence-corrected chi connectivity index (χ2v) is 12.2. The maximum absolute atomic E-state index is 13.1. The maximum Gasteiger partial charge on any atom is 0.331 e. The molecule has 1 N–H and O–H groups in total. The molecule has 0 unspecified atom stereocenters. The predicted molar refractivity (Wildman–Crippen MR) is 144 cm³/mol. The van der Waals surface area contributed by atoms with E-state index in [1.54, 1.807) is 19.1 Å². The molecule has 0 spiro atoms. The second-order valence-electron chi connectivity index (χ2n) is 10.1. The van der Waals surface area contributed by atoms with Gasteiger partial charge in [-0.05, 0) is 73.8 Å². The van der Waals surface area contributed by atoms with Gasteiger partial charge >= 0.3 is 5.97 Å². The third-order valence-corrected chi connectivity index (χ3v) is 8.66. The molecule has 0 aliphatic carbocycles. The van der Waals surface area contributed by atoms with Gasteiger partial charge in [0.2, 0.25) is 0 Å². The second kappa shape index (κ2) is 12.6. The lowest BCUT2D eigenvalue weighted by Crippen LogP contribution is -2.18. The Hall–Kier alpha value is -2.34. The fraction of sp³-hybridized carbons (Fsp3) is 0.552. The summed E-state index contributed by atoms with van der Waals surface area (Å²) in [5, 5.41) is 9.36. The number of sulfone groups is 1. The fourth-order valence-electron chi connectivity index (χ4n) is 4.56. The molecule has 6 heteroatoms. The fourth-order valence-corrected chi connectivity index (χ4v) is 6.26. The molecule has 194 valence electrons. The van der Waals surface area contributed by atoms with Crippen molar-refractivity contribution >= 4 is 21.4 Å². The molecule has 0 saturated heterocycles. The van der Waals surface area contributed by atoms with Gasteiger partial charge in [-0.25, -0.2) is 13.2 Å².